The summed E-state index contributed by atoms with van der Waals surface area (Å²) in [6.07, 6.45) is 0. The number of ether oxygens (including phenoxy) is 1. The molecule has 114 valence electrons. The fourth-order valence-corrected chi connectivity index (χ4v) is 2.35. The van der Waals surface area contributed by atoms with Crippen molar-refractivity contribution in [1.82, 2.24) is 4.90 Å². The third kappa shape index (κ3) is 3.52. The minimum Gasteiger partial charge on any atom is -0.480 e. The van der Waals surface area contributed by atoms with Gasteiger partial charge in [0, 0.05) is 12.2 Å². The Hall–Kier alpha value is -2.08. The van der Waals surface area contributed by atoms with Crippen molar-refractivity contribution >= 4 is 17.7 Å². The third-order valence-corrected chi connectivity index (χ3v) is 3.50. The molecule has 0 saturated carbocycles. The first-order chi connectivity index (χ1) is 10.0. The van der Waals surface area contributed by atoms with Gasteiger partial charge >= 0.3 is 12.0 Å². The molecule has 1 aliphatic rings. The van der Waals surface area contributed by atoms with Crippen molar-refractivity contribution in [3.05, 3.63) is 29.8 Å². The Morgan fingerprint density at radius 3 is 2.76 bits per heavy atom. The smallest absolute Gasteiger partial charge is 0.328 e. The average Bonchev–Trinajstić information content (AvgIpc) is 2.47. The summed E-state index contributed by atoms with van der Waals surface area (Å²) in [5.74, 6) is -0.788. The van der Waals surface area contributed by atoms with Crippen LogP contribution in [-0.2, 0) is 9.53 Å². The molecule has 0 aromatic heterocycles. The van der Waals surface area contributed by atoms with Crippen LogP contribution in [-0.4, -0.2) is 47.8 Å². The van der Waals surface area contributed by atoms with Gasteiger partial charge in [0.2, 0.25) is 0 Å². The Kier molecular flexibility index (Phi) is 4.80. The van der Waals surface area contributed by atoms with Crippen LogP contribution in [0.3, 0.4) is 0 Å². The second-order valence-electron chi connectivity index (χ2n) is 5.29. The summed E-state index contributed by atoms with van der Waals surface area (Å²) in [4.78, 5) is 24.9. The molecular weight excluding hydrogens is 272 g/mol. The monoisotopic (exact) mass is 292 g/mol. The van der Waals surface area contributed by atoms with Crippen LogP contribution in [0.2, 0.25) is 0 Å². The Balaban J connectivity index is 2.15. The fourth-order valence-electron chi connectivity index (χ4n) is 2.35. The summed E-state index contributed by atoms with van der Waals surface area (Å²) in [5, 5.41) is 12.0. The van der Waals surface area contributed by atoms with Gasteiger partial charge in [0.1, 0.15) is 0 Å². The standard InChI is InChI=1S/C15H20N2O4/c1-10(2)11-5-3-4-6-12(11)16-15(20)17-7-8-21-9-13(17)14(18)19/h3-6,10,13H,7-9H2,1-2H3,(H,16,20)(H,18,19). The molecule has 6 nitrogen and oxygen atoms in total. The van der Waals surface area contributed by atoms with E-state index in [4.69, 9.17) is 9.84 Å². The molecule has 0 bridgehead atoms. The number of anilines is 1. The molecule has 0 spiro atoms. The molecule has 1 aromatic rings. The van der Waals surface area contributed by atoms with E-state index < -0.39 is 18.0 Å². The molecule has 2 N–H and O–H groups in total. The lowest BCUT2D eigenvalue weighted by Crippen LogP contribution is -2.54. The van der Waals surface area contributed by atoms with Gasteiger partial charge in [-0.1, -0.05) is 32.0 Å². The molecule has 1 atom stereocenters. The van der Waals surface area contributed by atoms with E-state index in [2.05, 4.69) is 5.32 Å². The van der Waals surface area contributed by atoms with Crippen molar-refractivity contribution in [3.8, 4) is 0 Å². The van der Waals surface area contributed by atoms with E-state index >= 15 is 0 Å². The van der Waals surface area contributed by atoms with E-state index in [1.54, 1.807) is 0 Å². The van der Waals surface area contributed by atoms with E-state index in [0.717, 1.165) is 5.56 Å². The van der Waals surface area contributed by atoms with Crippen LogP contribution in [0.4, 0.5) is 10.5 Å². The molecule has 1 aromatic carbocycles. The van der Waals surface area contributed by atoms with Crippen molar-refractivity contribution < 1.29 is 19.4 Å². The van der Waals surface area contributed by atoms with Crippen molar-refractivity contribution in [1.29, 1.82) is 0 Å². The first-order valence-electron chi connectivity index (χ1n) is 6.97. The molecular formula is C15H20N2O4. The molecule has 21 heavy (non-hydrogen) atoms. The highest BCUT2D eigenvalue weighted by Crippen LogP contribution is 2.24. The van der Waals surface area contributed by atoms with E-state index in [1.165, 1.54) is 4.90 Å². The number of nitrogens with one attached hydrogen (secondary N) is 1. The number of carbonyl (C=O) groups excluding carboxylic acids is 1. The zero-order valence-electron chi connectivity index (χ0n) is 12.2. The molecule has 1 unspecified atom stereocenters. The number of hydrogen-bond acceptors (Lipinski definition) is 3. The first-order valence-corrected chi connectivity index (χ1v) is 6.97. The number of carbonyl (C=O) groups is 2. The van der Waals surface area contributed by atoms with Gasteiger partial charge in [0.25, 0.3) is 0 Å². The quantitative estimate of drug-likeness (QED) is 0.894. The first kappa shape index (κ1) is 15.3. The van der Waals surface area contributed by atoms with Crippen LogP contribution in [0.1, 0.15) is 25.3 Å². The number of benzene rings is 1. The molecule has 0 radical (unpaired) electrons. The van der Waals surface area contributed by atoms with Crippen LogP contribution in [0.15, 0.2) is 24.3 Å². The number of nitrogens with zero attached hydrogens (tertiary/aromatic N) is 1. The highest BCUT2D eigenvalue weighted by atomic mass is 16.5. The fraction of sp³-hybridized carbons (Fsp3) is 0.467. The van der Waals surface area contributed by atoms with E-state index in [0.29, 0.717) is 12.3 Å². The van der Waals surface area contributed by atoms with Crippen molar-refractivity contribution in [2.24, 2.45) is 0 Å². The van der Waals surface area contributed by atoms with Crippen LogP contribution in [0, 0.1) is 0 Å². The molecule has 1 saturated heterocycles. The number of carboxylic acid groups (broad SMARTS) is 1. The lowest BCUT2D eigenvalue weighted by Gasteiger charge is -2.33. The molecule has 2 rings (SSSR count). The maximum absolute atomic E-state index is 12.4. The van der Waals surface area contributed by atoms with Gasteiger partial charge in [-0.2, -0.15) is 0 Å². The number of amides is 2. The van der Waals surface area contributed by atoms with Crippen molar-refractivity contribution in [2.75, 3.05) is 25.1 Å². The second-order valence-corrected chi connectivity index (χ2v) is 5.29. The van der Waals surface area contributed by atoms with Crippen LogP contribution >= 0.6 is 0 Å². The average molecular weight is 292 g/mol. The molecule has 6 heteroatoms. The molecule has 0 aliphatic carbocycles. The molecule has 1 aliphatic heterocycles. The predicted octanol–water partition coefficient (Wildman–Crippen LogP) is 2.13. The van der Waals surface area contributed by atoms with Gasteiger partial charge in [0.15, 0.2) is 6.04 Å². The van der Waals surface area contributed by atoms with Gasteiger partial charge in [-0.05, 0) is 17.5 Å². The number of morpholine rings is 1. The van der Waals surface area contributed by atoms with Gasteiger partial charge in [-0.15, -0.1) is 0 Å². The summed E-state index contributed by atoms with van der Waals surface area (Å²) < 4.78 is 5.13. The summed E-state index contributed by atoms with van der Waals surface area (Å²) >= 11 is 0. The number of aliphatic carboxylic acids is 1. The number of hydrogen-bond donors (Lipinski definition) is 2. The Labute approximate surface area is 123 Å². The maximum Gasteiger partial charge on any atom is 0.328 e. The highest BCUT2D eigenvalue weighted by Gasteiger charge is 2.33. The van der Waals surface area contributed by atoms with Gasteiger partial charge < -0.3 is 20.1 Å². The number of carboxylic acids is 1. The zero-order chi connectivity index (χ0) is 15.4. The summed E-state index contributed by atoms with van der Waals surface area (Å²) in [7, 11) is 0. The van der Waals surface area contributed by atoms with Gasteiger partial charge in [-0.3, -0.25) is 0 Å². The number of urea groups is 1. The molecule has 1 fully saturated rings. The predicted molar refractivity (Wildman–Crippen MR) is 78.5 cm³/mol. The van der Waals surface area contributed by atoms with E-state index in [9.17, 15) is 9.59 Å². The van der Waals surface area contributed by atoms with Gasteiger partial charge in [-0.25, -0.2) is 9.59 Å². The minimum atomic E-state index is -1.05. The summed E-state index contributed by atoms with van der Waals surface area (Å²) in [6.45, 7) is 4.73. The molecule has 1 heterocycles. The third-order valence-electron chi connectivity index (χ3n) is 3.50. The topological polar surface area (TPSA) is 78.9 Å². The van der Waals surface area contributed by atoms with Crippen molar-refractivity contribution in [3.63, 3.8) is 0 Å². The lowest BCUT2D eigenvalue weighted by atomic mass is 10.0. The lowest BCUT2D eigenvalue weighted by molar-refractivity contribution is -0.147. The molecule has 2 amide bonds. The Morgan fingerprint density at radius 1 is 1.38 bits per heavy atom. The van der Waals surface area contributed by atoms with Gasteiger partial charge in [0.05, 0.1) is 13.2 Å². The minimum absolute atomic E-state index is 0.0224. The number of rotatable bonds is 3. The SMILES string of the molecule is CC(C)c1ccccc1NC(=O)N1CCOCC1C(=O)O. The van der Waals surface area contributed by atoms with Crippen molar-refractivity contribution in [2.45, 2.75) is 25.8 Å². The second kappa shape index (κ2) is 6.58. The van der Waals surface area contributed by atoms with Crippen LogP contribution in [0.25, 0.3) is 0 Å². The normalized spacial score (nSPS) is 18.6. The Bertz CT molecular complexity index is 530. The zero-order valence-corrected chi connectivity index (χ0v) is 12.2. The largest absolute Gasteiger partial charge is 0.480 e. The summed E-state index contributed by atoms with van der Waals surface area (Å²) in [6, 6.07) is 6.19. The maximum atomic E-state index is 12.4. The Morgan fingerprint density at radius 2 is 2.10 bits per heavy atom. The van der Waals surface area contributed by atoms with Crippen LogP contribution in [0.5, 0.6) is 0 Å². The number of para-hydroxylation sites is 1. The summed E-state index contributed by atoms with van der Waals surface area (Å²) in [5.41, 5.74) is 1.74. The van der Waals surface area contributed by atoms with E-state index in [-0.39, 0.29) is 19.1 Å². The van der Waals surface area contributed by atoms with Crippen LogP contribution < -0.4 is 5.32 Å². The highest BCUT2D eigenvalue weighted by molar-refractivity contribution is 5.93. The van der Waals surface area contributed by atoms with E-state index in [1.807, 2.05) is 38.1 Å².